The molecule has 20 heavy (non-hydrogen) atoms. The maximum Gasteiger partial charge on any atom is 0.236 e. The number of ether oxygens (including phenoxy) is 1. The summed E-state index contributed by atoms with van der Waals surface area (Å²) in [6.45, 7) is 7.86. The van der Waals surface area contributed by atoms with Crippen LogP contribution in [0.4, 0.5) is 0 Å². The smallest absolute Gasteiger partial charge is 0.236 e. The molecule has 0 aliphatic heterocycles. The maximum atomic E-state index is 11.7. The lowest BCUT2D eigenvalue weighted by atomic mass is 10.2. The van der Waals surface area contributed by atoms with Gasteiger partial charge in [0.25, 0.3) is 0 Å². The molecule has 4 nitrogen and oxygen atoms in total. The van der Waals surface area contributed by atoms with Crippen molar-refractivity contribution in [2.24, 2.45) is 5.92 Å². The van der Waals surface area contributed by atoms with Crippen molar-refractivity contribution in [2.45, 2.75) is 26.8 Å². The molecule has 1 atom stereocenters. The Kier molecular flexibility index (Phi) is 7.62. The van der Waals surface area contributed by atoms with Crippen molar-refractivity contribution in [3.63, 3.8) is 0 Å². The minimum Gasteiger partial charge on any atom is -0.492 e. The molecule has 5 heteroatoms. The average Bonchev–Trinajstić information content (AvgIpc) is 2.40. The quantitative estimate of drug-likeness (QED) is 0.714. The predicted molar refractivity (Wildman–Crippen MR) is 84.9 cm³/mol. The van der Waals surface area contributed by atoms with Gasteiger partial charge < -0.3 is 15.4 Å². The molecular formula is C15H23BrN2O2. The summed E-state index contributed by atoms with van der Waals surface area (Å²) in [5.74, 6) is 1.31. The largest absolute Gasteiger partial charge is 0.492 e. The summed E-state index contributed by atoms with van der Waals surface area (Å²) >= 11 is 3.39. The fourth-order valence-electron chi connectivity index (χ4n) is 1.55. The van der Waals surface area contributed by atoms with Crippen LogP contribution in [0.3, 0.4) is 0 Å². The van der Waals surface area contributed by atoms with Gasteiger partial charge in [0, 0.05) is 17.6 Å². The van der Waals surface area contributed by atoms with Gasteiger partial charge in [0.15, 0.2) is 0 Å². The van der Waals surface area contributed by atoms with Crippen LogP contribution in [0.2, 0.25) is 0 Å². The Bertz CT molecular complexity index is 424. The zero-order valence-electron chi connectivity index (χ0n) is 12.3. The van der Waals surface area contributed by atoms with Crippen molar-refractivity contribution in [1.29, 1.82) is 0 Å². The van der Waals surface area contributed by atoms with E-state index in [-0.39, 0.29) is 11.9 Å². The first-order valence-electron chi connectivity index (χ1n) is 6.88. The van der Waals surface area contributed by atoms with Gasteiger partial charge in [-0.2, -0.15) is 0 Å². The van der Waals surface area contributed by atoms with Crippen LogP contribution < -0.4 is 15.4 Å². The van der Waals surface area contributed by atoms with Gasteiger partial charge in [0.1, 0.15) is 12.4 Å². The van der Waals surface area contributed by atoms with Crippen LogP contribution in [0, 0.1) is 5.92 Å². The number of halogens is 1. The number of hydrogen-bond acceptors (Lipinski definition) is 3. The summed E-state index contributed by atoms with van der Waals surface area (Å²) in [6.07, 6.45) is 0. The van der Waals surface area contributed by atoms with Crippen molar-refractivity contribution in [2.75, 3.05) is 19.7 Å². The van der Waals surface area contributed by atoms with Gasteiger partial charge in [0.05, 0.1) is 6.04 Å². The Hall–Kier alpha value is -1.07. The zero-order valence-corrected chi connectivity index (χ0v) is 13.9. The third kappa shape index (κ3) is 6.91. The van der Waals surface area contributed by atoms with Crippen LogP contribution in [-0.4, -0.2) is 31.6 Å². The molecule has 1 aromatic carbocycles. The van der Waals surface area contributed by atoms with Crippen LogP contribution in [-0.2, 0) is 4.79 Å². The fraction of sp³-hybridized carbons (Fsp3) is 0.533. The Balaban J connectivity index is 2.18. The Morgan fingerprint density at radius 3 is 2.75 bits per heavy atom. The highest BCUT2D eigenvalue weighted by atomic mass is 79.9. The lowest BCUT2D eigenvalue weighted by molar-refractivity contribution is -0.122. The monoisotopic (exact) mass is 342 g/mol. The molecule has 1 amide bonds. The van der Waals surface area contributed by atoms with E-state index in [4.69, 9.17) is 4.74 Å². The predicted octanol–water partition coefficient (Wildman–Crippen LogP) is 2.58. The Morgan fingerprint density at radius 1 is 1.35 bits per heavy atom. The molecule has 0 aromatic heterocycles. The normalized spacial score (nSPS) is 12.2. The standard InChI is InChI=1S/C15H23BrN2O2/c1-11(2)10-18-15(19)12(3)17-7-8-20-14-6-4-5-13(16)9-14/h4-6,9,11-12,17H,7-8,10H2,1-3H3,(H,18,19). The van der Waals surface area contributed by atoms with Crippen molar-refractivity contribution in [3.8, 4) is 5.75 Å². The van der Waals surface area contributed by atoms with Crippen LogP contribution in [0.1, 0.15) is 20.8 Å². The summed E-state index contributed by atoms with van der Waals surface area (Å²) in [7, 11) is 0. The first kappa shape index (κ1) is 17.0. The number of amides is 1. The molecule has 0 fully saturated rings. The number of hydrogen-bond donors (Lipinski definition) is 2. The summed E-state index contributed by atoms with van der Waals surface area (Å²) < 4.78 is 6.58. The van der Waals surface area contributed by atoms with Gasteiger partial charge >= 0.3 is 0 Å². The van der Waals surface area contributed by atoms with Gasteiger partial charge in [-0.1, -0.05) is 35.8 Å². The molecular weight excluding hydrogens is 320 g/mol. The topological polar surface area (TPSA) is 50.4 Å². The van der Waals surface area contributed by atoms with Crippen molar-refractivity contribution < 1.29 is 9.53 Å². The summed E-state index contributed by atoms with van der Waals surface area (Å²) in [6, 6.07) is 7.49. The third-order valence-electron chi connectivity index (χ3n) is 2.70. The number of carbonyl (C=O) groups is 1. The number of rotatable bonds is 8. The average molecular weight is 343 g/mol. The molecule has 112 valence electrons. The van der Waals surface area contributed by atoms with Gasteiger partial charge in [-0.05, 0) is 31.0 Å². The van der Waals surface area contributed by atoms with E-state index in [2.05, 4.69) is 40.4 Å². The summed E-state index contributed by atoms with van der Waals surface area (Å²) in [4.78, 5) is 11.7. The van der Waals surface area contributed by atoms with Gasteiger partial charge in [-0.3, -0.25) is 4.79 Å². The van der Waals surface area contributed by atoms with E-state index in [1.165, 1.54) is 0 Å². The minimum absolute atomic E-state index is 0.0288. The molecule has 2 N–H and O–H groups in total. The fourth-order valence-corrected chi connectivity index (χ4v) is 1.93. The van der Waals surface area contributed by atoms with Gasteiger partial charge in [-0.25, -0.2) is 0 Å². The molecule has 1 aromatic rings. The Labute approximate surface area is 129 Å². The highest BCUT2D eigenvalue weighted by Gasteiger charge is 2.11. The first-order chi connectivity index (χ1) is 9.49. The molecule has 0 bridgehead atoms. The second-order valence-electron chi connectivity index (χ2n) is 5.12. The first-order valence-corrected chi connectivity index (χ1v) is 7.68. The van der Waals surface area contributed by atoms with Crippen LogP contribution in [0.15, 0.2) is 28.7 Å². The molecule has 0 radical (unpaired) electrons. The van der Waals surface area contributed by atoms with Crippen LogP contribution >= 0.6 is 15.9 Å². The molecule has 1 rings (SSSR count). The molecule has 0 heterocycles. The van der Waals surface area contributed by atoms with Crippen LogP contribution in [0.5, 0.6) is 5.75 Å². The van der Waals surface area contributed by atoms with E-state index in [0.717, 1.165) is 10.2 Å². The molecule has 0 saturated heterocycles. The van der Waals surface area contributed by atoms with Gasteiger partial charge in [0.2, 0.25) is 5.91 Å². The second kappa shape index (κ2) is 8.97. The minimum atomic E-state index is -0.208. The SMILES string of the molecule is CC(C)CNC(=O)C(C)NCCOc1cccc(Br)c1. The summed E-state index contributed by atoms with van der Waals surface area (Å²) in [5, 5.41) is 6.04. The molecule has 0 aliphatic rings. The van der Waals surface area contributed by atoms with E-state index in [9.17, 15) is 4.79 Å². The van der Waals surface area contributed by atoms with E-state index in [1.807, 2.05) is 31.2 Å². The van der Waals surface area contributed by atoms with Crippen molar-refractivity contribution in [3.05, 3.63) is 28.7 Å². The molecule has 1 unspecified atom stereocenters. The highest BCUT2D eigenvalue weighted by Crippen LogP contribution is 2.17. The van der Waals surface area contributed by atoms with Crippen molar-refractivity contribution >= 4 is 21.8 Å². The maximum absolute atomic E-state index is 11.7. The molecule has 0 spiro atoms. The third-order valence-corrected chi connectivity index (χ3v) is 3.19. The lowest BCUT2D eigenvalue weighted by Gasteiger charge is -2.15. The van der Waals surface area contributed by atoms with E-state index < -0.39 is 0 Å². The number of benzene rings is 1. The van der Waals surface area contributed by atoms with E-state index >= 15 is 0 Å². The second-order valence-corrected chi connectivity index (χ2v) is 6.04. The van der Waals surface area contributed by atoms with Gasteiger partial charge in [-0.15, -0.1) is 0 Å². The van der Waals surface area contributed by atoms with Crippen LogP contribution in [0.25, 0.3) is 0 Å². The highest BCUT2D eigenvalue weighted by molar-refractivity contribution is 9.10. The molecule has 0 aliphatic carbocycles. The van der Waals surface area contributed by atoms with E-state index in [0.29, 0.717) is 25.6 Å². The van der Waals surface area contributed by atoms with Crippen molar-refractivity contribution in [1.82, 2.24) is 10.6 Å². The summed E-state index contributed by atoms with van der Waals surface area (Å²) in [5.41, 5.74) is 0. The lowest BCUT2D eigenvalue weighted by Crippen LogP contribution is -2.44. The number of nitrogens with one attached hydrogen (secondary N) is 2. The van der Waals surface area contributed by atoms with E-state index in [1.54, 1.807) is 0 Å². The Morgan fingerprint density at radius 2 is 2.10 bits per heavy atom. The molecule has 0 saturated carbocycles. The number of carbonyl (C=O) groups excluding carboxylic acids is 1. The zero-order chi connectivity index (χ0) is 15.0.